The van der Waals surface area contributed by atoms with E-state index in [1.807, 2.05) is 37.3 Å². The lowest BCUT2D eigenvalue weighted by molar-refractivity contribution is -0.231. The molecule has 0 unspecified atom stereocenters. The van der Waals surface area contributed by atoms with Gasteiger partial charge in [0.25, 0.3) is 0 Å². The molecule has 0 saturated heterocycles. The molecule has 0 bridgehead atoms. The standard InChI is InChI=1S/C31H41ClO3/c1-5-14-30(21(2)33)16-13-27-25-11-8-23-19-31(34,35-20-22-6-9-24(32)10-7-22)18-17-28(23,3)26(25)12-15-29(27,30)4/h5-10,25-27,34H,1,11-20H2,2-4H3/t25-,26+,27+,28+,29+,30-,31-/m1/s1. The first-order chi connectivity index (χ1) is 16.6. The lowest BCUT2D eigenvalue weighted by Gasteiger charge is -2.60. The third-order valence-electron chi connectivity index (χ3n) is 11.1. The van der Waals surface area contributed by atoms with Crippen LogP contribution in [0.4, 0.5) is 0 Å². The molecule has 1 aromatic rings. The van der Waals surface area contributed by atoms with Gasteiger partial charge in [-0.25, -0.2) is 0 Å². The number of carbonyl (C=O) groups is 1. The van der Waals surface area contributed by atoms with Crippen LogP contribution >= 0.6 is 11.6 Å². The van der Waals surface area contributed by atoms with Gasteiger partial charge in [-0.1, -0.05) is 55.3 Å². The molecule has 1 N–H and O–H groups in total. The molecule has 3 nitrogen and oxygen atoms in total. The molecule has 7 atom stereocenters. The summed E-state index contributed by atoms with van der Waals surface area (Å²) in [5.41, 5.74) is 2.34. The van der Waals surface area contributed by atoms with Crippen molar-refractivity contribution < 1.29 is 14.6 Å². The summed E-state index contributed by atoms with van der Waals surface area (Å²) in [7, 11) is 0. The van der Waals surface area contributed by atoms with Gasteiger partial charge >= 0.3 is 0 Å². The Hall–Kier alpha value is -1.42. The number of ketones is 1. The number of halogens is 1. The van der Waals surface area contributed by atoms with E-state index in [2.05, 4.69) is 26.5 Å². The van der Waals surface area contributed by atoms with Crippen molar-refractivity contribution in [3.63, 3.8) is 0 Å². The van der Waals surface area contributed by atoms with E-state index in [4.69, 9.17) is 16.3 Å². The number of carbonyl (C=O) groups excluding carboxylic acids is 1. The maximum Gasteiger partial charge on any atom is 0.169 e. The lowest BCUT2D eigenvalue weighted by atomic mass is 9.45. The highest BCUT2D eigenvalue weighted by atomic mass is 35.5. The minimum absolute atomic E-state index is 0.0625. The fraction of sp³-hybridized carbons (Fsp3) is 0.645. The van der Waals surface area contributed by atoms with Crippen molar-refractivity contribution in [2.75, 3.05) is 0 Å². The van der Waals surface area contributed by atoms with Gasteiger partial charge in [0.15, 0.2) is 5.79 Å². The predicted molar refractivity (Wildman–Crippen MR) is 141 cm³/mol. The van der Waals surface area contributed by atoms with Crippen LogP contribution in [0.15, 0.2) is 48.6 Å². The topological polar surface area (TPSA) is 46.5 Å². The van der Waals surface area contributed by atoms with E-state index in [0.29, 0.717) is 48.0 Å². The summed E-state index contributed by atoms with van der Waals surface area (Å²) < 4.78 is 6.12. The largest absolute Gasteiger partial charge is 0.365 e. The lowest BCUT2D eigenvalue weighted by Crippen LogP contribution is -2.55. The summed E-state index contributed by atoms with van der Waals surface area (Å²) in [5.74, 6) is 1.08. The van der Waals surface area contributed by atoms with Gasteiger partial charge in [0.2, 0.25) is 0 Å². The van der Waals surface area contributed by atoms with Gasteiger partial charge in [-0.05, 0) is 98.1 Å². The quantitative estimate of drug-likeness (QED) is 0.324. The molecule has 0 heterocycles. The molecule has 3 fully saturated rings. The van der Waals surface area contributed by atoms with E-state index in [1.165, 1.54) is 12.0 Å². The smallest absolute Gasteiger partial charge is 0.169 e. The van der Waals surface area contributed by atoms with Crippen LogP contribution in [0.1, 0.15) is 84.1 Å². The number of Topliss-reactive ketones (excluding diaryl/α,β-unsaturated/α-hetero) is 1. The molecule has 4 heteroatoms. The van der Waals surface area contributed by atoms with Crippen LogP contribution in [0.25, 0.3) is 0 Å². The second-order valence-corrected chi connectivity index (χ2v) is 12.9. The van der Waals surface area contributed by atoms with E-state index in [-0.39, 0.29) is 16.2 Å². The molecule has 5 rings (SSSR count). The molecule has 0 aromatic heterocycles. The molecular formula is C31H41ClO3. The average Bonchev–Trinajstić information content (AvgIpc) is 3.13. The van der Waals surface area contributed by atoms with Crippen LogP contribution in [0.5, 0.6) is 0 Å². The maximum atomic E-state index is 13.0. The molecular weight excluding hydrogens is 456 g/mol. The summed E-state index contributed by atoms with van der Waals surface area (Å²) >= 11 is 6.01. The first-order valence-electron chi connectivity index (χ1n) is 13.5. The number of aliphatic hydroxyl groups is 1. The van der Waals surface area contributed by atoms with Crippen molar-refractivity contribution in [1.82, 2.24) is 0 Å². The second kappa shape index (κ2) is 8.85. The number of rotatable bonds is 6. The van der Waals surface area contributed by atoms with Crippen molar-refractivity contribution >= 4 is 17.4 Å². The van der Waals surface area contributed by atoms with Crippen LogP contribution in [-0.2, 0) is 16.1 Å². The number of fused-ring (bicyclic) bond motifs is 5. The van der Waals surface area contributed by atoms with Crippen molar-refractivity contribution in [2.45, 2.75) is 91.0 Å². The zero-order chi connectivity index (χ0) is 25.1. The maximum absolute atomic E-state index is 13.0. The summed E-state index contributed by atoms with van der Waals surface area (Å²) in [6.07, 6.45) is 12.9. The Morgan fingerprint density at radius 1 is 1.14 bits per heavy atom. The third kappa shape index (κ3) is 3.88. The van der Waals surface area contributed by atoms with Crippen molar-refractivity contribution in [3.05, 3.63) is 59.2 Å². The van der Waals surface area contributed by atoms with Crippen molar-refractivity contribution in [3.8, 4) is 0 Å². The van der Waals surface area contributed by atoms with Crippen molar-refractivity contribution in [1.29, 1.82) is 0 Å². The van der Waals surface area contributed by atoms with Crippen LogP contribution in [-0.4, -0.2) is 16.7 Å². The van der Waals surface area contributed by atoms with Crippen molar-refractivity contribution in [2.24, 2.45) is 34.0 Å². The minimum atomic E-state index is -1.11. The van der Waals surface area contributed by atoms with Crippen LogP contribution in [0.3, 0.4) is 0 Å². The number of allylic oxidation sites excluding steroid dienone is 2. The first kappa shape index (κ1) is 25.2. The zero-order valence-corrected chi connectivity index (χ0v) is 22.4. The summed E-state index contributed by atoms with van der Waals surface area (Å²) in [6, 6.07) is 7.64. The van der Waals surface area contributed by atoms with Gasteiger partial charge in [0.1, 0.15) is 5.78 Å². The minimum Gasteiger partial charge on any atom is -0.365 e. The zero-order valence-electron chi connectivity index (χ0n) is 21.6. The molecule has 35 heavy (non-hydrogen) atoms. The third-order valence-corrected chi connectivity index (χ3v) is 11.3. The second-order valence-electron chi connectivity index (χ2n) is 12.4. The Balaban J connectivity index is 1.35. The predicted octanol–water partition coefficient (Wildman–Crippen LogP) is 7.66. The van der Waals surface area contributed by atoms with Crippen LogP contribution < -0.4 is 0 Å². The SMILES string of the molecule is C=CC[C@]1(C(C)=O)CC[C@H]2[C@@H]3CC=C4C[C@](O)(OCc5ccc(Cl)cc5)CC[C@]4(C)[C@H]3CC[C@@]21C. The molecule has 0 spiro atoms. The van der Waals surface area contributed by atoms with Gasteiger partial charge in [-0.3, -0.25) is 4.79 Å². The molecule has 4 aliphatic rings. The first-order valence-corrected chi connectivity index (χ1v) is 13.9. The number of benzene rings is 1. The number of hydrogen-bond acceptors (Lipinski definition) is 3. The van der Waals surface area contributed by atoms with E-state index in [0.717, 1.165) is 44.1 Å². The normalized spacial score (nSPS) is 42.4. The Morgan fingerprint density at radius 3 is 2.54 bits per heavy atom. The molecule has 190 valence electrons. The van der Waals surface area contributed by atoms with E-state index < -0.39 is 5.79 Å². The number of hydrogen-bond donors (Lipinski definition) is 1. The molecule has 1 aromatic carbocycles. The van der Waals surface area contributed by atoms with Gasteiger partial charge in [-0.15, -0.1) is 6.58 Å². The molecule has 0 amide bonds. The Bertz CT molecular complexity index is 1030. The average molecular weight is 497 g/mol. The number of ether oxygens (including phenoxy) is 1. The molecule has 3 saturated carbocycles. The fourth-order valence-electron chi connectivity index (χ4n) is 8.98. The monoisotopic (exact) mass is 496 g/mol. The Kier molecular flexibility index (Phi) is 6.38. The molecule has 4 aliphatic carbocycles. The van der Waals surface area contributed by atoms with Gasteiger partial charge in [-0.2, -0.15) is 0 Å². The Morgan fingerprint density at radius 2 is 1.86 bits per heavy atom. The summed E-state index contributed by atoms with van der Waals surface area (Å²) in [6.45, 7) is 11.1. The van der Waals surface area contributed by atoms with E-state index in [9.17, 15) is 9.90 Å². The van der Waals surface area contributed by atoms with E-state index in [1.54, 1.807) is 0 Å². The van der Waals surface area contributed by atoms with Gasteiger partial charge in [0, 0.05) is 23.3 Å². The summed E-state index contributed by atoms with van der Waals surface area (Å²) in [5, 5.41) is 12.1. The highest BCUT2D eigenvalue weighted by Gasteiger charge is 2.65. The van der Waals surface area contributed by atoms with Crippen LogP contribution in [0, 0.1) is 34.0 Å². The van der Waals surface area contributed by atoms with Gasteiger partial charge in [0.05, 0.1) is 6.61 Å². The highest BCUT2D eigenvalue weighted by Crippen LogP contribution is 2.70. The van der Waals surface area contributed by atoms with Gasteiger partial charge < -0.3 is 9.84 Å². The fourth-order valence-corrected chi connectivity index (χ4v) is 9.10. The van der Waals surface area contributed by atoms with Crippen LogP contribution in [0.2, 0.25) is 5.02 Å². The Labute approximate surface area is 216 Å². The molecule has 0 radical (unpaired) electrons. The highest BCUT2D eigenvalue weighted by molar-refractivity contribution is 6.30. The summed E-state index contributed by atoms with van der Waals surface area (Å²) in [4.78, 5) is 13.0. The van der Waals surface area contributed by atoms with E-state index >= 15 is 0 Å². The molecule has 0 aliphatic heterocycles.